The fraction of sp³-hybridized carbons (Fsp3) is 0.320. The van der Waals surface area contributed by atoms with Crippen LogP contribution in [0.2, 0.25) is 0 Å². The van der Waals surface area contributed by atoms with E-state index >= 15 is 0 Å². The number of amides is 2. The number of carbonyl (C=O) groups excluding carboxylic acids is 2. The molecule has 1 N–H and O–H groups in total. The van der Waals surface area contributed by atoms with Crippen LogP contribution in [0.5, 0.6) is 0 Å². The van der Waals surface area contributed by atoms with Crippen LogP contribution in [0.15, 0.2) is 54.6 Å². The standard InChI is InChI=1S/C25H30N4O2/c1-17(2)15-28(20(5)30)16-23(31)26-25-24(21-12-7-6-8-13-21)19(4)27-29(25)22-14-10-9-11-18(22)3/h6-14,17H,15-16H2,1-5H3,(H,26,31). The summed E-state index contributed by atoms with van der Waals surface area (Å²) in [6.45, 7) is 10.0. The van der Waals surface area contributed by atoms with Crippen molar-refractivity contribution in [3.8, 4) is 16.8 Å². The average Bonchev–Trinajstić information content (AvgIpc) is 3.03. The third kappa shape index (κ3) is 5.20. The molecule has 0 saturated heterocycles. The van der Waals surface area contributed by atoms with Gasteiger partial charge in [0, 0.05) is 19.0 Å². The molecule has 0 bridgehead atoms. The molecule has 0 aliphatic carbocycles. The largest absolute Gasteiger partial charge is 0.333 e. The molecule has 3 rings (SSSR count). The Labute approximate surface area is 183 Å². The molecule has 0 saturated carbocycles. The maximum atomic E-state index is 13.0. The number of hydrogen-bond acceptors (Lipinski definition) is 3. The van der Waals surface area contributed by atoms with Gasteiger partial charge in [-0.25, -0.2) is 4.68 Å². The molecule has 6 nitrogen and oxygen atoms in total. The van der Waals surface area contributed by atoms with Crippen LogP contribution in [-0.2, 0) is 9.59 Å². The van der Waals surface area contributed by atoms with E-state index in [4.69, 9.17) is 5.10 Å². The number of nitrogens with zero attached hydrogens (tertiary/aromatic N) is 3. The number of rotatable bonds is 7. The van der Waals surface area contributed by atoms with Crippen LogP contribution < -0.4 is 5.32 Å². The van der Waals surface area contributed by atoms with Crippen molar-refractivity contribution in [1.82, 2.24) is 14.7 Å². The Morgan fingerprint density at radius 2 is 1.68 bits per heavy atom. The van der Waals surface area contributed by atoms with E-state index in [1.54, 1.807) is 9.58 Å². The number of benzene rings is 2. The summed E-state index contributed by atoms with van der Waals surface area (Å²) in [5.41, 5.74) is 4.60. The van der Waals surface area contributed by atoms with Crippen LogP contribution in [-0.4, -0.2) is 39.6 Å². The first kappa shape index (κ1) is 22.3. The molecule has 2 amide bonds. The zero-order valence-electron chi connectivity index (χ0n) is 18.8. The molecule has 0 aliphatic heterocycles. The van der Waals surface area contributed by atoms with E-state index in [2.05, 4.69) is 5.32 Å². The monoisotopic (exact) mass is 418 g/mol. The van der Waals surface area contributed by atoms with Crippen LogP contribution in [0.4, 0.5) is 5.82 Å². The smallest absolute Gasteiger partial charge is 0.245 e. The average molecular weight is 419 g/mol. The van der Waals surface area contributed by atoms with Gasteiger partial charge in [0.1, 0.15) is 5.82 Å². The summed E-state index contributed by atoms with van der Waals surface area (Å²) < 4.78 is 1.78. The van der Waals surface area contributed by atoms with E-state index in [9.17, 15) is 9.59 Å². The van der Waals surface area contributed by atoms with E-state index in [0.29, 0.717) is 12.4 Å². The van der Waals surface area contributed by atoms with E-state index < -0.39 is 0 Å². The highest BCUT2D eigenvalue weighted by atomic mass is 16.2. The summed E-state index contributed by atoms with van der Waals surface area (Å²) >= 11 is 0. The number of para-hydroxylation sites is 1. The van der Waals surface area contributed by atoms with Gasteiger partial charge in [0.15, 0.2) is 0 Å². The number of anilines is 1. The van der Waals surface area contributed by atoms with Gasteiger partial charge in [0.05, 0.1) is 17.9 Å². The lowest BCUT2D eigenvalue weighted by Crippen LogP contribution is -2.39. The highest BCUT2D eigenvalue weighted by Gasteiger charge is 2.22. The third-order valence-electron chi connectivity index (χ3n) is 5.09. The Balaban J connectivity index is 2.04. The van der Waals surface area contributed by atoms with Gasteiger partial charge < -0.3 is 10.2 Å². The predicted octanol–water partition coefficient (Wildman–Crippen LogP) is 4.60. The normalized spacial score (nSPS) is 10.9. The second kappa shape index (κ2) is 9.60. The molecule has 0 unspecified atom stereocenters. The zero-order chi connectivity index (χ0) is 22.5. The van der Waals surface area contributed by atoms with Crippen molar-refractivity contribution in [3.05, 3.63) is 65.9 Å². The first-order valence-corrected chi connectivity index (χ1v) is 10.5. The van der Waals surface area contributed by atoms with Crippen molar-refractivity contribution in [2.75, 3.05) is 18.4 Å². The van der Waals surface area contributed by atoms with Crippen LogP contribution >= 0.6 is 0 Å². The molecule has 162 valence electrons. The lowest BCUT2D eigenvalue weighted by molar-refractivity contribution is -0.133. The molecular formula is C25H30N4O2. The van der Waals surface area contributed by atoms with Gasteiger partial charge >= 0.3 is 0 Å². The molecule has 6 heteroatoms. The van der Waals surface area contributed by atoms with Gasteiger partial charge in [-0.2, -0.15) is 5.10 Å². The Bertz CT molecular complexity index is 1070. The van der Waals surface area contributed by atoms with Crippen molar-refractivity contribution in [2.45, 2.75) is 34.6 Å². The highest BCUT2D eigenvalue weighted by molar-refractivity contribution is 5.97. The van der Waals surface area contributed by atoms with E-state index in [1.807, 2.05) is 82.3 Å². The molecule has 0 radical (unpaired) electrons. The van der Waals surface area contributed by atoms with Crippen LogP contribution in [0, 0.1) is 19.8 Å². The maximum absolute atomic E-state index is 13.0. The van der Waals surface area contributed by atoms with E-state index in [0.717, 1.165) is 28.1 Å². The minimum absolute atomic E-state index is 0.000255. The van der Waals surface area contributed by atoms with Gasteiger partial charge in [-0.3, -0.25) is 9.59 Å². The summed E-state index contributed by atoms with van der Waals surface area (Å²) in [5.74, 6) is 0.519. The van der Waals surface area contributed by atoms with Crippen LogP contribution in [0.25, 0.3) is 16.8 Å². The SMILES string of the molecule is CC(=O)N(CC(=O)Nc1c(-c2ccccc2)c(C)nn1-c1ccccc1C)CC(C)C. The van der Waals surface area contributed by atoms with E-state index in [1.165, 1.54) is 6.92 Å². The molecule has 0 aliphatic rings. The summed E-state index contributed by atoms with van der Waals surface area (Å²) in [5, 5.41) is 7.81. The number of nitrogens with one attached hydrogen (secondary N) is 1. The summed E-state index contributed by atoms with van der Waals surface area (Å²) in [7, 11) is 0. The van der Waals surface area contributed by atoms with Gasteiger partial charge in [-0.15, -0.1) is 0 Å². The zero-order valence-corrected chi connectivity index (χ0v) is 18.8. The summed E-state index contributed by atoms with van der Waals surface area (Å²) in [6, 6.07) is 17.8. The maximum Gasteiger partial charge on any atom is 0.245 e. The molecule has 1 heterocycles. The minimum Gasteiger partial charge on any atom is -0.333 e. The number of carbonyl (C=O) groups is 2. The van der Waals surface area contributed by atoms with Crippen molar-refractivity contribution < 1.29 is 9.59 Å². The predicted molar refractivity (Wildman–Crippen MR) is 124 cm³/mol. The van der Waals surface area contributed by atoms with Crippen molar-refractivity contribution in [3.63, 3.8) is 0 Å². The van der Waals surface area contributed by atoms with Gasteiger partial charge in [-0.1, -0.05) is 62.4 Å². The van der Waals surface area contributed by atoms with Crippen LogP contribution in [0.1, 0.15) is 32.0 Å². The fourth-order valence-electron chi connectivity index (χ4n) is 3.66. The van der Waals surface area contributed by atoms with E-state index in [-0.39, 0.29) is 24.3 Å². The second-order valence-electron chi connectivity index (χ2n) is 8.21. The first-order valence-electron chi connectivity index (χ1n) is 10.5. The number of hydrogen-bond donors (Lipinski definition) is 1. The summed E-state index contributed by atoms with van der Waals surface area (Å²) in [4.78, 5) is 26.6. The molecule has 31 heavy (non-hydrogen) atoms. The summed E-state index contributed by atoms with van der Waals surface area (Å²) in [6.07, 6.45) is 0. The second-order valence-corrected chi connectivity index (χ2v) is 8.21. The highest BCUT2D eigenvalue weighted by Crippen LogP contribution is 2.34. The van der Waals surface area contributed by atoms with Gasteiger partial charge in [-0.05, 0) is 37.0 Å². The molecular weight excluding hydrogens is 388 g/mol. The first-order chi connectivity index (χ1) is 14.8. The Kier molecular flexibility index (Phi) is 6.90. The quantitative estimate of drug-likeness (QED) is 0.610. The van der Waals surface area contributed by atoms with Crippen LogP contribution in [0.3, 0.4) is 0 Å². The fourth-order valence-corrected chi connectivity index (χ4v) is 3.66. The minimum atomic E-state index is -0.247. The van der Waals surface area contributed by atoms with Crippen molar-refractivity contribution in [2.24, 2.45) is 5.92 Å². The lowest BCUT2D eigenvalue weighted by Gasteiger charge is -2.23. The van der Waals surface area contributed by atoms with Gasteiger partial charge in [0.2, 0.25) is 11.8 Å². The Morgan fingerprint density at radius 3 is 2.29 bits per heavy atom. The molecule has 1 aromatic heterocycles. The molecule has 0 fully saturated rings. The third-order valence-corrected chi connectivity index (χ3v) is 5.09. The molecule has 3 aromatic rings. The Hall–Kier alpha value is -3.41. The number of aromatic nitrogens is 2. The Morgan fingerprint density at radius 1 is 1.03 bits per heavy atom. The van der Waals surface area contributed by atoms with Crippen molar-refractivity contribution >= 4 is 17.6 Å². The molecule has 0 atom stereocenters. The topological polar surface area (TPSA) is 67.2 Å². The molecule has 2 aromatic carbocycles. The lowest BCUT2D eigenvalue weighted by atomic mass is 10.1. The van der Waals surface area contributed by atoms with Crippen molar-refractivity contribution in [1.29, 1.82) is 0 Å². The number of aryl methyl sites for hydroxylation is 2. The van der Waals surface area contributed by atoms with Gasteiger partial charge in [0.25, 0.3) is 0 Å². The molecule has 0 spiro atoms.